The van der Waals surface area contributed by atoms with Gasteiger partial charge in [-0.15, -0.1) is 0 Å². The van der Waals surface area contributed by atoms with Gasteiger partial charge in [0.05, 0.1) is 0 Å². The van der Waals surface area contributed by atoms with Crippen molar-refractivity contribution >= 4 is 0 Å². The van der Waals surface area contributed by atoms with Gasteiger partial charge in [0.2, 0.25) is 0 Å². The minimum Gasteiger partial charge on any atom is -0.0988 e. The highest BCUT2D eigenvalue weighted by Gasteiger charge is 1.94. The molecule has 0 aliphatic rings. The molecule has 0 fully saturated rings. The second-order valence-corrected chi connectivity index (χ2v) is 3.81. The third kappa shape index (κ3) is 4.79. The fraction of sp³-hybridized carbons (Fsp3) is 0.250. The van der Waals surface area contributed by atoms with E-state index < -0.39 is 0 Å². The number of hydrogen-bond acceptors (Lipinski definition) is 0. The first-order valence-corrected chi connectivity index (χ1v) is 5.85. The Morgan fingerprint density at radius 2 is 2.00 bits per heavy atom. The predicted octanol–water partition coefficient (Wildman–Crippen LogP) is 4.70. The van der Waals surface area contributed by atoms with Gasteiger partial charge in [0.25, 0.3) is 0 Å². The fourth-order valence-corrected chi connectivity index (χ4v) is 1.61. The van der Waals surface area contributed by atoms with Crippen LogP contribution in [0.3, 0.4) is 0 Å². The van der Waals surface area contributed by atoms with Crippen LogP contribution in [0.5, 0.6) is 0 Å². The lowest BCUT2D eigenvalue weighted by molar-refractivity contribution is 0.824. The van der Waals surface area contributed by atoms with Crippen molar-refractivity contribution in [2.24, 2.45) is 0 Å². The Morgan fingerprint density at radius 3 is 2.62 bits per heavy atom. The molecule has 0 N–H and O–H groups in total. The van der Waals surface area contributed by atoms with Gasteiger partial charge in [-0.3, -0.25) is 0 Å². The van der Waals surface area contributed by atoms with Gasteiger partial charge in [-0.05, 0) is 37.3 Å². The average molecular weight is 212 g/mol. The molecule has 1 aromatic rings. The van der Waals surface area contributed by atoms with Crippen LogP contribution in [0.25, 0.3) is 0 Å². The maximum absolute atomic E-state index is 3.84. The van der Waals surface area contributed by atoms with E-state index in [4.69, 9.17) is 0 Å². The molecule has 1 rings (SSSR count). The Kier molecular flexibility index (Phi) is 6.02. The summed E-state index contributed by atoms with van der Waals surface area (Å²) in [7, 11) is 0. The zero-order valence-electron chi connectivity index (χ0n) is 10.0. The first-order valence-electron chi connectivity index (χ1n) is 5.85. The van der Waals surface area contributed by atoms with Gasteiger partial charge in [0, 0.05) is 0 Å². The van der Waals surface area contributed by atoms with E-state index in [9.17, 15) is 0 Å². The van der Waals surface area contributed by atoms with Crippen molar-refractivity contribution in [3.63, 3.8) is 0 Å². The first-order chi connectivity index (χ1) is 7.86. The number of hydrogen-bond donors (Lipinski definition) is 0. The summed E-state index contributed by atoms with van der Waals surface area (Å²) in [5, 5.41) is 0. The molecule has 0 saturated heterocycles. The van der Waals surface area contributed by atoms with Crippen LogP contribution in [0, 0.1) is 0 Å². The normalized spacial score (nSPS) is 11.9. The molecule has 0 spiro atoms. The number of benzene rings is 1. The third-order valence-corrected chi connectivity index (χ3v) is 2.54. The van der Waals surface area contributed by atoms with Crippen LogP contribution < -0.4 is 0 Å². The van der Waals surface area contributed by atoms with Gasteiger partial charge in [-0.1, -0.05) is 61.2 Å². The molecule has 0 aromatic heterocycles. The highest BCUT2D eigenvalue weighted by Crippen LogP contribution is 2.11. The minimum absolute atomic E-state index is 1.10. The molecule has 1 aromatic carbocycles. The number of rotatable bonds is 6. The van der Waals surface area contributed by atoms with Crippen molar-refractivity contribution < 1.29 is 0 Å². The largest absolute Gasteiger partial charge is 0.0988 e. The quantitative estimate of drug-likeness (QED) is 0.600. The van der Waals surface area contributed by atoms with Gasteiger partial charge in [0.15, 0.2) is 0 Å². The van der Waals surface area contributed by atoms with Crippen molar-refractivity contribution in [2.75, 3.05) is 0 Å². The Morgan fingerprint density at radius 1 is 1.25 bits per heavy atom. The molecule has 0 radical (unpaired) electrons. The summed E-state index contributed by atoms with van der Waals surface area (Å²) in [4.78, 5) is 0. The van der Waals surface area contributed by atoms with Gasteiger partial charge >= 0.3 is 0 Å². The van der Waals surface area contributed by atoms with Gasteiger partial charge in [0.1, 0.15) is 0 Å². The van der Waals surface area contributed by atoms with Crippen LogP contribution in [0.15, 0.2) is 66.8 Å². The summed E-state index contributed by atoms with van der Waals surface area (Å²) >= 11 is 0. The van der Waals surface area contributed by atoms with Gasteiger partial charge < -0.3 is 0 Å². The molecule has 0 nitrogen and oxygen atoms in total. The SMILES string of the molecule is C=C/C(=C\C=C/C)CCCc1ccccc1. The predicted molar refractivity (Wildman–Crippen MR) is 72.5 cm³/mol. The fourth-order valence-electron chi connectivity index (χ4n) is 1.61. The Labute approximate surface area is 99.0 Å². The molecule has 0 aliphatic carbocycles. The molecular formula is C16H20. The van der Waals surface area contributed by atoms with Gasteiger partial charge in [-0.25, -0.2) is 0 Å². The average Bonchev–Trinajstić information content (AvgIpc) is 2.35. The molecule has 0 bridgehead atoms. The molecule has 0 atom stereocenters. The summed E-state index contributed by atoms with van der Waals surface area (Å²) in [5.41, 5.74) is 2.73. The van der Waals surface area contributed by atoms with Crippen LogP contribution in [0.2, 0.25) is 0 Å². The summed E-state index contributed by atoms with van der Waals surface area (Å²) in [6, 6.07) is 10.6. The summed E-state index contributed by atoms with van der Waals surface area (Å²) in [5.74, 6) is 0. The summed E-state index contributed by atoms with van der Waals surface area (Å²) in [6.07, 6.45) is 11.6. The maximum Gasteiger partial charge on any atom is -0.0276 e. The first kappa shape index (κ1) is 12.5. The van der Waals surface area contributed by atoms with Gasteiger partial charge in [-0.2, -0.15) is 0 Å². The van der Waals surface area contributed by atoms with Crippen molar-refractivity contribution in [2.45, 2.75) is 26.2 Å². The molecular weight excluding hydrogens is 192 g/mol. The molecule has 0 saturated carbocycles. The van der Waals surface area contributed by atoms with E-state index in [-0.39, 0.29) is 0 Å². The monoisotopic (exact) mass is 212 g/mol. The smallest absolute Gasteiger partial charge is 0.0276 e. The summed E-state index contributed by atoms with van der Waals surface area (Å²) < 4.78 is 0. The second-order valence-electron chi connectivity index (χ2n) is 3.81. The van der Waals surface area contributed by atoms with E-state index in [2.05, 4.69) is 49.1 Å². The van der Waals surface area contributed by atoms with E-state index in [1.54, 1.807) is 0 Å². The Bertz CT molecular complexity index is 355. The topological polar surface area (TPSA) is 0 Å². The van der Waals surface area contributed by atoms with Crippen molar-refractivity contribution in [1.29, 1.82) is 0 Å². The van der Waals surface area contributed by atoms with E-state index in [1.165, 1.54) is 17.6 Å². The molecule has 0 heterocycles. The van der Waals surface area contributed by atoms with Crippen LogP contribution in [0.4, 0.5) is 0 Å². The highest BCUT2D eigenvalue weighted by molar-refractivity contribution is 5.22. The van der Waals surface area contributed by atoms with Crippen molar-refractivity contribution in [1.82, 2.24) is 0 Å². The molecule has 0 heteroatoms. The number of allylic oxidation sites excluding steroid dienone is 5. The Balaban J connectivity index is 2.37. The standard InChI is InChI=1S/C16H20/c1-3-5-10-15(4-2)13-9-14-16-11-7-6-8-12-16/h3-8,10-12H,2,9,13-14H2,1H3/b5-3-,15-10+. The minimum atomic E-state index is 1.10. The van der Waals surface area contributed by atoms with E-state index in [0.29, 0.717) is 0 Å². The lowest BCUT2D eigenvalue weighted by atomic mass is 10.0. The molecule has 0 amide bonds. The highest BCUT2D eigenvalue weighted by atomic mass is 14.0. The van der Waals surface area contributed by atoms with E-state index in [1.807, 2.05) is 19.1 Å². The molecule has 0 unspecified atom stereocenters. The molecule has 0 aliphatic heterocycles. The van der Waals surface area contributed by atoms with Crippen LogP contribution >= 0.6 is 0 Å². The summed E-state index contributed by atoms with van der Waals surface area (Å²) in [6.45, 7) is 5.87. The molecule has 84 valence electrons. The number of aryl methyl sites for hydroxylation is 1. The van der Waals surface area contributed by atoms with Crippen LogP contribution in [-0.4, -0.2) is 0 Å². The van der Waals surface area contributed by atoms with E-state index in [0.717, 1.165) is 12.8 Å². The van der Waals surface area contributed by atoms with Crippen LogP contribution in [0.1, 0.15) is 25.3 Å². The third-order valence-electron chi connectivity index (χ3n) is 2.54. The molecule has 16 heavy (non-hydrogen) atoms. The second kappa shape index (κ2) is 7.70. The zero-order valence-corrected chi connectivity index (χ0v) is 10.0. The van der Waals surface area contributed by atoms with E-state index >= 15 is 0 Å². The van der Waals surface area contributed by atoms with Crippen molar-refractivity contribution in [3.05, 3.63) is 72.4 Å². The lowest BCUT2D eigenvalue weighted by Crippen LogP contribution is -1.86. The lowest BCUT2D eigenvalue weighted by Gasteiger charge is -2.02. The zero-order chi connectivity index (χ0) is 11.6. The van der Waals surface area contributed by atoms with Crippen molar-refractivity contribution in [3.8, 4) is 0 Å². The maximum atomic E-state index is 3.84. The van der Waals surface area contributed by atoms with Crippen LogP contribution in [-0.2, 0) is 6.42 Å². The Hall–Kier alpha value is -1.56.